The summed E-state index contributed by atoms with van der Waals surface area (Å²) < 4.78 is 5.14. The number of methoxy groups -OCH3 is 1. The Morgan fingerprint density at radius 2 is 1.73 bits per heavy atom. The van der Waals surface area contributed by atoms with Crippen molar-refractivity contribution in [2.24, 2.45) is 0 Å². The molecule has 0 atom stereocenters. The van der Waals surface area contributed by atoms with Crippen molar-refractivity contribution in [3.63, 3.8) is 0 Å². The minimum atomic E-state index is -0.0809. The molecule has 226 valence electrons. The van der Waals surface area contributed by atoms with Crippen LogP contribution in [-0.4, -0.2) is 79.7 Å². The van der Waals surface area contributed by atoms with Crippen LogP contribution >= 0.6 is 0 Å². The van der Waals surface area contributed by atoms with E-state index < -0.39 is 0 Å². The molecule has 1 fully saturated rings. The number of pyridine rings is 1. The molecule has 12 heteroatoms. The second kappa shape index (κ2) is 13.8. The van der Waals surface area contributed by atoms with E-state index in [1.807, 2.05) is 36.9 Å². The zero-order valence-corrected chi connectivity index (χ0v) is 25.1. The first-order valence-electron chi connectivity index (χ1n) is 14.3. The molecule has 0 saturated carbocycles. The molecule has 0 aliphatic carbocycles. The van der Waals surface area contributed by atoms with Gasteiger partial charge in [-0.25, -0.2) is 9.97 Å². The van der Waals surface area contributed by atoms with Crippen LogP contribution in [0.3, 0.4) is 0 Å². The van der Waals surface area contributed by atoms with E-state index >= 15 is 0 Å². The number of aromatic nitrogens is 5. The van der Waals surface area contributed by atoms with E-state index in [1.54, 1.807) is 36.9 Å². The molecule has 1 saturated heterocycles. The van der Waals surface area contributed by atoms with Gasteiger partial charge < -0.3 is 20.3 Å². The quantitative estimate of drug-likeness (QED) is 0.244. The monoisotopic (exact) mass is 593 g/mol. The molecule has 4 aromatic rings. The minimum absolute atomic E-state index is 0.00340. The SMILES string of the molecule is C=CC(=O)Cc1cc(CN2CCN(C(=O)c3cccnc3)CC2)ccc1Nc1nc(Nc2nc(OC)ncc2C)ncc1C. The number of piperazine rings is 1. The number of carbonyl (C=O) groups is 2. The second-order valence-electron chi connectivity index (χ2n) is 10.5. The average Bonchev–Trinajstić information content (AvgIpc) is 3.05. The number of allylic oxidation sites excluding steroid dienone is 1. The normalized spacial score (nSPS) is 13.3. The summed E-state index contributed by atoms with van der Waals surface area (Å²) in [5.41, 5.74) is 4.92. The fourth-order valence-electron chi connectivity index (χ4n) is 4.83. The fraction of sp³-hybridized carbons (Fsp3) is 0.281. The molecule has 5 rings (SSSR count). The minimum Gasteiger partial charge on any atom is -0.467 e. The molecule has 1 aliphatic heterocycles. The van der Waals surface area contributed by atoms with Crippen LogP contribution in [0.1, 0.15) is 32.6 Å². The first-order valence-corrected chi connectivity index (χ1v) is 14.3. The van der Waals surface area contributed by atoms with E-state index in [9.17, 15) is 9.59 Å². The van der Waals surface area contributed by atoms with E-state index in [4.69, 9.17) is 4.74 Å². The summed E-state index contributed by atoms with van der Waals surface area (Å²) in [6.45, 7) is 10.9. The van der Waals surface area contributed by atoms with E-state index in [0.717, 1.165) is 41.0 Å². The van der Waals surface area contributed by atoms with Crippen molar-refractivity contribution in [1.29, 1.82) is 0 Å². The predicted molar refractivity (Wildman–Crippen MR) is 167 cm³/mol. The van der Waals surface area contributed by atoms with Gasteiger partial charge in [0.05, 0.1) is 12.7 Å². The van der Waals surface area contributed by atoms with Gasteiger partial charge in [0.2, 0.25) is 5.95 Å². The highest BCUT2D eigenvalue weighted by Gasteiger charge is 2.22. The standard InChI is InChI=1S/C32H35N9O3/c1-5-26(42)16-25-15-23(20-40-11-13-41(14-12-40)30(43)24-7-6-10-33-19-24)8-9-27(25)36-28-21(2)17-34-31(37-28)38-29-22(3)18-35-32(39-29)44-4/h5-10,15,17-19H,1,11-14,16,20H2,2-4H3,(H2,34,35,36,37,38,39). The molecule has 44 heavy (non-hydrogen) atoms. The molecule has 0 radical (unpaired) electrons. The number of amides is 1. The molecule has 0 spiro atoms. The lowest BCUT2D eigenvalue weighted by Gasteiger charge is -2.34. The van der Waals surface area contributed by atoms with Crippen molar-refractivity contribution >= 4 is 35.0 Å². The van der Waals surface area contributed by atoms with Gasteiger partial charge in [-0.05, 0) is 49.2 Å². The molecule has 1 aromatic carbocycles. The van der Waals surface area contributed by atoms with Crippen molar-refractivity contribution in [2.75, 3.05) is 43.9 Å². The van der Waals surface area contributed by atoms with Gasteiger partial charge in [-0.2, -0.15) is 9.97 Å². The van der Waals surface area contributed by atoms with E-state index in [0.29, 0.717) is 42.8 Å². The van der Waals surface area contributed by atoms with Crippen LogP contribution in [0.15, 0.2) is 67.8 Å². The Morgan fingerprint density at radius 3 is 2.43 bits per heavy atom. The van der Waals surface area contributed by atoms with Crippen LogP contribution in [0, 0.1) is 13.8 Å². The Bertz CT molecular complexity index is 1650. The topological polar surface area (TPSA) is 138 Å². The number of carbonyl (C=O) groups excluding carboxylic acids is 2. The summed E-state index contributed by atoms with van der Waals surface area (Å²) in [6.07, 6.45) is 8.18. The van der Waals surface area contributed by atoms with Gasteiger partial charge in [-0.15, -0.1) is 0 Å². The van der Waals surface area contributed by atoms with Crippen molar-refractivity contribution in [2.45, 2.75) is 26.8 Å². The molecule has 0 unspecified atom stereocenters. The second-order valence-corrected chi connectivity index (χ2v) is 10.5. The zero-order chi connectivity index (χ0) is 31.1. The van der Waals surface area contributed by atoms with Crippen LogP contribution < -0.4 is 15.4 Å². The van der Waals surface area contributed by atoms with Gasteiger partial charge in [0.1, 0.15) is 11.6 Å². The van der Waals surface area contributed by atoms with Gasteiger partial charge in [-0.3, -0.25) is 19.5 Å². The van der Waals surface area contributed by atoms with Crippen LogP contribution in [0.4, 0.5) is 23.3 Å². The summed E-state index contributed by atoms with van der Waals surface area (Å²) in [7, 11) is 1.51. The molecule has 1 aliphatic rings. The van der Waals surface area contributed by atoms with Crippen LogP contribution in [0.25, 0.3) is 0 Å². The molecule has 0 bridgehead atoms. The molecule has 3 aromatic heterocycles. The van der Waals surface area contributed by atoms with Crippen molar-refractivity contribution in [3.8, 4) is 6.01 Å². The number of ether oxygens (including phenoxy) is 1. The summed E-state index contributed by atoms with van der Waals surface area (Å²) in [4.78, 5) is 51.0. The number of nitrogens with zero attached hydrogens (tertiary/aromatic N) is 7. The maximum absolute atomic E-state index is 12.8. The lowest BCUT2D eigenvalue weighted by atomic mass is 10.0. The number of ketones is 1. The molecular weight excluding hydrogens is 558 g/mol. The highest BCUT2D eigenvalue weighted by molar-refractivity contribution is 5.94. The first kappa shape index (κ1) is 30.2. The van der Waals surface area contributed by atoms with Crippen LogP contribution in [0.2, 0.25) is 0 Å². The van der Waals surface area contributed by atoms with Gasteiger partial charge in [0.15, 0.2) is 5.78 Å². The van der Waals surface area contributed by atoms with E-state index in [1.165, 1.54) is 13.2 Å². The molecule has 1 amide bonds. The lowest BCUT2D eigenvalue weighted by molar-refractivity contribution is -0.114. The summed E-state index contributed by atoms with van der Waals surface area (Å²) in [5, 5.41) is 6.54. The number of anilines is 4. The van der Waals surface area contributed by atoms with Gasteiger partial charge >= 0.3 is 6.01 Å². The number of nitrogens with one attached hydrogen (secondary N) is 2. The van der Waals surface area contributed by atoms with E-state index in [2.05, 4.69) is 47.0 Å². The fourth-order valence-corrected chi connectivity index (χ4v) is 4.83. The molecule has 12 nitrogen and oxygen atoms in total. The average molecular weight is 594 g/mol. The third-order valence-electron chi connectivity index (χ3n) is 7.32. The van der Waals surface area contributed by atoms with Gasteiger partial charge in [-0.1, -0.05) is 18.7 Å². The van der Waals surface area contributed by atoms with E-state index in [-0.39, 0.29) is 24.1 Å². The maximum atomic E-state index is 12.8. The number of aryl methyl sites for hydroxylation is 2. The third-order valence-corrected chi connectivity index (χ3v) is 7.32. The highest BCUT2D eigenvalue weighted by Crippen LogP contribution is 2.26. The number of hydrogen-bond acceptors (Lipinski definition) is 11. The van der Waals surface area contributed by atoms with Crippen molar-refractivity contribution in [1.82, 2.24) is 34.7 Å². The number of benzene rings is 1. The summed E-state index contributed by atoms with van der Waals surface area (Å²) in [5.74, 6) is 1.40. The smallest absolute Gasteiger partial charge is 0.318 e. The Morgan fingerprint density at radius 1 is 0.977 bits per heavy atom. The van der Waals surface area contributed by atoms with Crippen LogP contribution in [0.5, 0.6) is 6.01 Å². The number of hydrogen-bond donors (Lipinski definition) is 2. The summed E-state index contributed by atoms with van der Waals surface area (Å²) >= 11 is 0. The lowest BCUT2D eigenvalue weighted by Crippen LogP contribution is -2.48. The highest BCUT2D eigenvalue weighted by atomic mass is 16.5. The Balaban J connectivity index is 1.30. The first-order chi connectivity index (χ1) is 21.3. The summed E-state index contributed by atoms with van der Waals surface area (Å²) in [6, 6.07) is 9.86. The Hall–Kier alpha value is -5.23. The van der Waals surface area contributed by atoms with Crippen molar-refractivity contribution in [3.05, 3.63) is 95.6 Å². The number of rotatable bonds is 11. The third kappa shape index (κ3) is 7.39. The van der Waals surface area contributed by atoms with Crippen molar-refractivity contribution < 1.29 is 14.3 Å². The van der Waals surface area contributed by atoms with Gasteiger partial charge in [0, 0.05) is 80.7 Å². The Kier molecular flexibility index (Phi) is 9.50. The molecule has 2 N–H and O–H groups in total. The Labute approximate surface area is 256 Å². The predicted octanol–water partition coefficient (Wildman–Crippen LogP) is 4.03. The zero-order valence-electron chi connectivity index (χ0n) is 25.1. The molecular formula is C32H35N9O3. The van der Waals surface area contributed by atoms with Crippen LogP contribution in [-0.2, 0) is 17.8 Å². The van der Waals surface area contributed by atoms with Gasteiger partial charge in [0.25, 0.3) is 5.91 Å². The largest absolute Gasteiger partial charge is 0.467 e. The molecule has 4 heterocycles. The maximum Gasteiger partial charge on any atom is 0.318 e.